The van der Waals surface area contributed by atoms with Gasteiger partial charge in [-0.25, -0.2) is 24.3 Å². The first-order chi connectivity index (χ1) is 13.1. The maximum Gasteiger partial charge on any atom is 0.197 e. The number of aromatic nitrogens is 4. The quantitative estimate of drug-likeness (QED) is 0.668. The second-order valence-electron chi connectivity index (χ2n) is 7.10. The first kappa shape index (κ1) is 17.5. The van der Waals surface area contributed by atoms with E-state index in [0.29, 0.717) is 23.5 Å². The zero-order chi connectivity index (χ0) is 19.0. The van der Waals surface area contributed by atoms with E-state index in [0.717, 1.165) is 23.2 Å². The van der Waals surface area contributed by atoms with Gasteiger partial charge in [-0.3, -0.25) is 0 Å². The van der Waals surface area contributed by atoms with Crippen LogP contribution in [0.15, 0.2) is 42.9 Å². The first-order valence-electron chi connectivity index (χ1n) is 9.06. The molecule has 0 unspecified atom stereocenters. The molecule has 0 saturated heterocycles. The summed E-state index contributed by atoms with van der Waals surface area (Å²) in [5.74, 6) is 1.95. The van der Waals surface area contributed by atoms with Gasteiger partial charge in [0.25, 0.3) is 0 Å². The van der Waals surface area contributed by atoms with Crippen LogP contribution in [0.4, 0.5) is 4.39 Å². The highest BCUT2D eigenvalue weighted by Crippen LogP contribution is 2.56. The van der Waals surface area contributed by atoms with Gasteiger partial charge >= 0.3 is 0 Å². The Morgan fingerprint density at radius 2 is 1.85 bits per heavy atom. The number of ether oxygens (including phenoxy) is 1. The molecule has 0 aliphatic heterocycles. The molecule has 0 bridgehead atoms. The van der Waals surface area contributed by atoms with Crippen molar-refractivity contribution in [2.75, 3.05) is 7.11 Å². The van der Waals surface area contributed by atoms with E-state index in [2.05, 4.69) is 28.8 Å². The molecule has 5 nitrogen and oxygen atoms in total. The van der Waals surface area contributed by atoms with E-state index in [1.54, 1.807) is 24.5 Å². The summed E-state index contributed by atoms with van der Waals surface area (Å²) in [6.07, 6.45) is 6.28. The highest BCUT2D eigenvalue weighted by atomic mass is 19.1. The molecule has 1 fully saturated rings. The van der Waals surface area contributed by atoms with Crippen molar-refractivity contribution < 1.29 is 9.13 Å². The lowest BCUT2D eigenvalue weighted by atomic mass is 9.99. The van der Waals surface area contributed by atoms with Crippen LogP contribution in [-0.4, -0.2) is 27.0 Å². The zero-order valence-corrected chi connectivity index (χ0v) is 15.6. The fourth-order valence-electron chi connectivity index (χ4n) is 3.49. The summed E-state index contributed by atoms with van der Waals surface area (Å²) in [6, 6.07) is 6.87. The number of hydrogen-bond acceptors (Lipinski definition) is 5. The summed E-state index contributed by atoms with van der Waals surface area (Å²) in [6.45, 7) is 4.25. The van der Waals surface area contributed by atoms with E-state index >= 15 is 0 Å². The number of halogens is 1. The molecule has 1 aliphatic rings. The van der Waals surface area contributed by atoms with Crippen molar-refractivity contribution in [1.82, 2.24) is 19.9 Å². The second-order valence-corrected chi connectivity index (χ2v) is 7.10. The highest BCUT2D eigenvalue weighted by Gasteiger charge is 2.42. The predicted molar refractivity (Wildman–Crippen MR) is 100 cm³/mol. The van der Waals surface area contributed by atoms with Gasteiger partial charge in [-0.05, 0) is 53.5 Å². The van der Waals surface area contributed by atoms with Crippen LogP contribution in [-0.2, 0) is 0 Å². The van der Waals surface area contributed by atoms with Gasteiger partial charge in [0, 0.05) is 18.6 Å². The van der Waals surface area contributed by atoms with Crippen LogP contribution in [0.25, 0.3) is 11.6 Å². The van der Waals surface area contributed by atoms with Gasteiger partial charge in [0.1, 0.15) is 0 Å². The van der Waals surface area contributed by atoms with Crippen molar-refractivity contribution in [1.29, 1.82) is 0 Å². The molecule has 2 heterocycles. The van der Waals surface area contributed by atoms with Crippen molar-refractivity contribution in [3.05, 3.63) is 65.5 Å². The Labute approximate surface area is 157 Å². The Morgan fingerprint density at radius 1 is 1.07 bits per heavy atom. The van der Waals surface area contributed by atoms with Gasteiger partial charge in [-0.1, -0.05) is 19.9 Å². The Balaban J connectivity index is 1.65. The van der Waals surface area contributed by atoms with E-state index < -0.39 is 0 Å². The standard InChI is InChI=1S/C21H21FN4O/c1-12(2)19-16(11-25-21(26-19)20-23-7-4-8-24-20)15-10-14(15)13-5-6-17(22)18(9-13)27-3/h4-9,11-12,14-15H,10H2,1-3H3/t14-,15+/m0/s1. The maximum atomic E-state index is 13.7. The molecule has 0 amide bonds. The lowest BCUT2D eigenvalue weighted by Crippen LogP contribution is -2.05. The fourth-order valence-corrected chi connectivity index (χ4v) is 3.49. The van der Waals surface area contributed by atoms with Gasteiger partial charge in [-0.15, -0.1) is 0 Å². The highest BCUT2D eigenvalue weighted by molar-refractivity contribution is 5.47. The Morgan fingerprint density at radius 3 is 2.56 bits per heavy atom. The van der Waals surface area contributed by atoms with E-state index in [4.69, 9.17) is 9.72 Å². The molecule has 6 heteroatoms. The Bertz CT molecular complexity index is 962. The molecule has 2 atom stereocenters. The number of rotatable bonds is 5. The molecule has 0 spiro atoms. The SMILES string of the molecule is COc1cc([C@@H]2C[C@H]2c2cnc(-c3ncccn3)nc2C(C)C)ccc1F. The summed E-state index contributed by atoms with van der Waals surface area (Å²) in [7, 11) is 1.49. The Hall–Kier alpha value is -2.89. The molecule has 1 aliphatic carbocycles. The van der Waals surface area contributed by atoms with Crippen molar-refractivity contribution in [2.24, 2.45) is 0 Å². The lowest BCUT2D eigenvalue weighted by molar-refractivity contribution is 0.386. The molecular formula is C21H21FN4O. The topological polar surface area (TPSA) is 60.8 Å². The van der Waals surface area contributed by atoms with E-state index in [1.807, 2.05) is 12.3 Å². The van der Waals surface area contributed by atoms with Crippen LogP contribution in [0.3, 0.4) is 0 Å². The number of nitrogens with zero attached hydrogens (tertiary/aromatic N) is 4. The van der Waals surface area contributed by atoms with Gasteiger partial charge in [0.05, 0.1) is 12.8 Å². The third-order valence-corrected chi connectivity index (χ3v) is 4.95. The van der Waals surface area contributed by atoms with E-state index in [9.17, 15) is 4.39 Å². The van der Waals surface area contributed by atoms with Crippen molar-refractivity contribution >= 4 is 0 Å². The molecule has 1 aromatic carbocycles. The monoisotopic (exact) mass is 364 g/mol. The van der Waals surface area contributed by atoms with Crippen LogP contribution in [0.5, 0.6) is 5.75 Å². The van der Waals surface area contributed by atoms with E-state index in [-0.39, 0.29) is 17.5 Å². The maximum absolute atomic E-state index is 13.7. The minimum absolute atomic E-state index is 0.259. The van der Waals surface area contributed by atoms with Crippen LogP contribution < -0.4 is 4.74 Å². The predicted octanol–water partition coefficient (Wildman–Crippen LogP) is 4.48. The average Bonchev–Trinajstić information content (AvgIpc) is 3.49. The van der Waals surface area contributed by atoms with Crippen LogP contribution >= 0.6 is 0 Å². The average molecular weight is 364 g/mol. The molecular weight excluding hydrogens is 343 g/mol. The summed E-state index contributed by atoms with van der Waals surface area (Å²) in [5.41, 5.74) is 3.26. The van der Waals surface area contributed by atoms with Crippen LogP contribution in [0.2, 0.25) is 0 Å². The summed E-state index contributed by atoms with van der Waals surface area (Å²) < 4.78 is 18.8. The van der Waals surface area contributed by atoms with Crippen LogP contribution in [0.1, 0.15) is 54.8 Å². The Kier molecular flexibility index (Phi) is 4.56. The minimum Gasteiger partial charge on any atom is -0.494 e. The van der Waals surface area contributed by atoms with Gasteiger partial charge in [0.2, 0.25) is 0 Å². The minimum atomic E-state index is -0.336. The van der Waals surface area contributed by atoms with Gasteiger partial charge in [0.15, 0.2) is 23.2 Å². The summed E-state index contributed by atoms with van der Waals surface area (Å²) >= 11 is 0. The summed E-state index contributed by atoms with van der Waals surface area (Å²) in [5, 5.41) is 0. The van der Waals surface area contributed by atoms with Crippen LogP contribution in [0, 0.1) is 5.82 Å². The fraction of sp³-hybridized carbons (Fsp3) is 0.333. The summed E-state index contributed by atoms with van der Waals surface area (Å²) in [4.78, 5) is 17.8. The molecule has 138 valence electrons. The van der Waals surface area contributed by atoms with Gasteiger partial charge < -0.3 is 4.74 Å². The third kappa shape index (κ3) is 3.39. The molecule has 0 N–H and O–H groups in total. The number of benzene rings is 1. The van der Waals surface area contributed by atoms with Crippen molar-refractivity contribution in [3.63, 3.8) is 0 Å². The number of hydrogen-bond donors (Lipinski definition) is 0. The lowest BCUT2D eigenvalue weighted by Gasteiger charge is -2.13. The normalized spacial score (nSPS) is 18.6. The molecule has 4 rings (SSSR count). The zero-order valence-electron chi connectivity index (χ0n) is 15.6. The van der Waals surface area contributed by atoms with Gasteiger partial charge in [-0.2, -0.15) is 0 Å². The number of methoxy groups -OCH3 is 1. The molecule has 1 saturated carbocycles. The molecule has 2 aromatic heterocycles. The molecule has 3 aromatic rings. The molecule has 27 heavy (non-hydrogen) atoms. The largest absolute Gasteiger partial charge is 0.494 e. The van der Waals surface area contributed by atoms with E-state index in [1.165, 1.54) is 13.2 Å². The second kappa shape index (κ2) is 7.02. The first-order valence-corrected chi connectivity index (χ1v) is 9.06. The third-order valence-electron chi connectivity index (χ3n) is 4.95. The molecule has 0 radical (unpaired) electrons. The van der Waals surface area contributed by atoms with Crippen molar-refractivity contribution in [2.45, 2.75) is 38.0 Å². The van der Waals surface area contributed by atoms with Crippen molar-refractivity contribution in [3.8, 4) is 17.4 Å². The smallest absolute Gasteiger partial charge is 0.197 e.